The minimum atomic E-state index is -0.462. The normalized spacial score (nSPS) is 11.2. The zero-order valence-electron chi connectivity index (χ0n) is 18.9. The van der Waals surface area contributed by atoms with Gasteiger partial charge in [0.1, 0.15) is 24.0 Å². The molecule has 0 atom stereocenters. The van der Waals surface area contributed by atoms with Gasteiger partial charge in [-0.25, -0.2) is 0 Å². The molecule has 0 aromatic heterocycles. The molecule has 5 heteroatoms. The number of halogens is 1. The van der Waals surface area contributed by atoms with E-state index in [4.69, 9.17) is 4.74 Å². The summed E-state index contributed by atoms with van der Waals surface area (Å²) in [4.78, 5) is 12.9. The first-order chi connectivity index (χ1) is 16.4. The number of hydrogen-bond donors (Lipinski definition) is 1. The Hall–Kier alpha value is -3.88. The summed E-state index contributed by atoms with van der Waals surface area (Å²) in [7, 11) is 0. The van der Waals surface area contributed by atoms with E-state index < -0.39 is 5.91 Å². The molecule has 168 valence electrons. The van der Waals surface area contributed by atoms with Crippen molar-refractivity contribution < 1.29 is 9.53 Å². The predicted octanol–water partition coefficient (Wildman–Crippen LogP) is 7.34. The number of fused-ring (bicyclic) bond motifs is 1. The van der Waals surface area contributed by atoms with Crippen molar-refractivity contribution in [3.05, 3.63) is 111 Å². The van der Waals surface area contributed by atoms with Gasteiger partial charge in [0.2, 0.25) is 0 Å². The fourth-order valence-electron chi connectivity index (χ4n) is 3.70. The van der Waals surface area contributed by atoms with Crippen molar-refractivity contribution in [2.24, 2.45) is 0 Å². The highest BCUT2D eigenvalue weighted by atomic mass is 79.9. The zero-order chi connectivity index (χ0) is 24.1. The first-order valence-electron chi connectivity index (χ1n) is 10.8. The van der Waals surface area contributed by atoms with Crippen molar-refractivity contribution in [1.29, 1.82) is 5.26 Å². The molecule has 0 unspecified atom stereocenters. The summed E-state index contributed by atoms with van der Waals surface area (Å²) in [6.07, 6.45) is 1.56. The van der Waals surface area contributed by atoms with Crippen LogP contribution in [0.25, 0.3) is 16.8 Å². The Labute approximate surface area is 207 Å². The first kappa shape index (κ1) is 23.3. The van der Waals surface area contributed by atoms with Crippen LogP contribution in [0.1, 0.15) is 22.3 Å². The van der Waals surface area contributed by atoms with Gasteiger partial charge >= 0.3 is 0 Å². The number of rotatable bonds is 6. The largest absolute Gasteiger partial charge is 0.488 e. The van der Waals surface area contributed by atoms with Crippen LogP contribution in [0.5, 0.6) is 5.75 Å². The number of nitrogens with zero attached hydrogens (tertiary/aromatic N) is 1. The molecule has 0 saturated carbocycles. The molecule has 0 spiro atoms. The van der Waals surface area contributed by atoms with Crippen molar-refractivity contribution >= 4 is 44.4 Å². The molecule has 1 amide bonds. The molecule has 0 aliphatic carbocycles. The minimum absolute atomic E-state index is 0.00554. The second-order valence-corrected chi connectivity index (χ2v) is 8.97. The van der Waals surface area contributed by atoms with Gasteiger partial charge in [-0.2, -0.15) is 5.26 Å². The molecule has 1 N–H and O–H groups in total. The Morgan fingerprint density at radius 1 is 1.03 bits per heavy atom. The number of aryl methyl sites for hydroxylation is 2. The number of nitrogens with one attached hydrogen (secondary N) is 1. The maximum atomic E-state index is 12.9. The van der Waals surface area contributed by atoms with E-state index in [-0.39, 0.29) is 5.57 Å². The van der Waals surface area contributed by atoms with Gasteiger partial charge in [-0.1, -0.05) is 70.5 Å². The highest BCUT2D eigenvalue weighted by molar-refractivity contribution is 9.10. The molecular weight excluding hydrogens is 488 g/mol. The Bertz CT molecular complexity index is 1450. The number of carbonyl (C=O) groups excluding carboxylic acids is 1. The van der Waals surface area contributed by atoms with Gasteiger partial charge in [-0.15, -0.1) is 0 Å². The van der Waals surface area contributed by atoms with E-state index in [1.807, 2.05) is 80.6 Å². The summed E-state index contributed by atoms with van der Waals surface area (Å²) in [6, 6.07) is 27.6. The maximum Gasteiger partial charge on any atom is 0.266 e. The lowest BCUT2D eigenvalue weighted by Gasteiger charge is -2.13. The molecule has 0 fully saturated rings. The maximum absolute atomic E-state index is 12.9. The minimum Gasteiger partial charge on any atom is -0.488 e. The highest BCUT2D eigenvalue weighted by Gasteiger charge is 2.13. The summed E-state index contributed by atoms with van der Waals surface area (Å²) >= 11 is 3.48. The highest BCUT2D eigenvalue weighted by Crippen LogP contribution is 2.28. The predicted molar refractivity (Wildman–Crippen MR) is 141 cm³/mol. The zero-order valence-corrected chi connectivity index (χ0v) is 20.5. The summed E-state index contributed by atoms with van der Waals surface area (Å²) in [6.45, 7) is 4.23. The SMILES string of the molecule is Cc1ccc(C)c(NC(=O)/C(C#N)=C/c2cc(Br)ccc2OCc2cccc3ccccc23)c1. The molecule has 4 rings (SSSR count). The Kier molecular flexibility index (Phi) is 7.10. The van der Waals surface area contributed by atoms with Crippen LogP contribution in [0, 0.1) is 25.2 Å². The summed E-state index contributed by atoms with van der Waals surface area (Å²) in [5, 5.41) is 14.8. The monoisotopic (exact) mass is 510 g/mol. The topological polar surface area (TPSA) is 62.1 Å². The average Bonchev–Trinajstić information content (AvgIpc) is 2.84. The Morgan fingerprint density at radius 2 is 1.82 bits per heavy atom. The lowest BCUT2D eigenvalue weighted by Crippen LogP contribution is -2.14. The van der Waals surface area contributed by atoms with Gasteiger partial charge in [0, 0.05) is 15.7 Å². The number of amides is 1. The fraction of sp³-hybridized carbons (Fsp3) is 0.103. The van der Waals surface area contributed by atoms with Gasteiger partial charge in [-0.05, 0) is 71.7 Å². The molecule has 4 aromatic carbocycles. The quantitative estimate of drug-likeness (QED) is 0.218. The molecular formula is C29H23BrN2O2. The van der Waals surface area contributed by atoms with Crippen LogP contribution < -0.4 is 10.1 Å². The number of ether oxygens (including phenoxy) is 1. The molecule has 34 heavy (non-hydrogen) atoms. The number of benzene rings is 4. The van der Waals surface area contributed by atoms with Crippen LogP contribution in [0.4, 0.5) is 5.69 Å². The number of nitriles is 1. The Balaban J connectivity index is 1.61. The fourth-order valence-corrected chi connectivity index (χ4v) is 4.08. The molecule has 4 nitrogen and oxygen atoms in total. The van der Waals surface area contributed by atoms with E-state index in [0.29, 0.717) is 23.6 Å². The summed E-state index contributed by atoms with van der Waals surface area (Å²) in [5.41, 5.74) is 4.34. The number of hydrogen-bond acceptors (Lipinski definition) is 3. The molecule has 0 heterocycles. The first-order valence-corrected chi connectivity index (χ1v) is 11.6. The lowest BCUT2D eigenvalue weighted by molar-refractivity contribution is -0.112. The van der Waals surface area contributed by atoms with Gasteiger partial charge < -0.3 is 10.1 Å². The second-order valence-electron chi connectivity index (χ2n) is 8.05. The van der Waals surface area contributed by atoms with E-state index in [2.05, 4.69) is 39.4 Å². The summed E-state index contributed by atoms with van der Waals surface area (Å²) < 4.78 is 6.98. The molecule has 0 saturated heterocycles. The standard InChI is InChI=1S/C29H23BrN2O2/c1-19-10-11-20(2)27(14-19)32-29(33)24(17-31)15-23-16-25(30)12-13-28(23)34-18-22-8-5-7-21-6-3-4-9-26(21)22/h3-16H,18H2,1-2H3,(H,32,33)/b24-15+. The van der Waals surface area contributed by atoms with Crippen LogP contribution in [0.15, 0.2) is 88.9 Å². The van der Waals surface area contributed by atoms with E-state index in [1.165, 1.54) is 0 Å². The van der Waals surface area contributed by atoms with Crippen LogP contribution in [0.3, 0.4) is 0 Å². The van der Waals surface area contributed by atoms with Gasteiger partial charge in [-0.3, -0.25) is 4.79 Å². The Morgan fingerprint density at radius 3 is 2.65 bits per heavy atom. The third kappa shape index (κ3) is 5.36. The third-order valence-electron chi connectivity index (χ3n) is 5.54. The lowest BCUT2D eigenvalue weighted by atomic mass is 10.1. The van der Waals surface area contributed by atoms with Crippen molar-refractivity contribution in [2.75, 3.05) is 5.32 Å². The van der Waals surface area contributed by atoms with E-state index in [9.17, 15) is 10.1 Å². The third-order valence-corrected chi connectivity index (χ3v) is 6.03. The van der Waals surface area contributed by atoms with Crippen LogP contribution in [-0.2, 0) is 11.4 Å². The van der Waals surface area contributed by atoms with E-state index >= 15 is 0 Å². The molecule has 0 radical (unpaired) electrons. The van der Waals surface area contributed by atoms with Gasteiger partial charge in [0.05, 0.1) is 0 Å². The molecule has 0 bridgehead atoms. The van der Waals surface area contributed by atoms with Crippen molar-refractivity contribution in [3.63, 3.8) is 0 Å². The summed E-state index contributed by atoms with van der Waals surface area (Å²) in [5.74, 6) is 0.125. The van der Waals surface area contributed by atoms with Crippen molar-refractivity contribution in [3.8, 4) is 11.8 Å². The second kappa shape index (κ2) is 10.4. The number of anilines is 1. The van der Waals surface area contributed by atoms with Crippen molar-refractivity contribution in [1.82, 2.24) is 0 Å². The van der Waals surface area contributed by atoms with Gasteiger partial charge in [0.15, 0.2) is 0 Å². The van der Waals surface area contributed by atoms with E-state index in [0.717, 1.165) is 31.9 Å². The van der Waals surface area contributed by atoms with Crippen LogP contribution >= 0.6 is 15.9 Å². The molecule has 4 aromatic rings. The smallest absolute Gasteiger partial charge is 0.266 e. The van der Waals surface area contributed by atoms with Crippen molar-refractivity contribution in [2.45, 2.75) is 20.5 Å². The van der Waals surface area contributed by atoms with Gasteiger partial charge in [0.25, 0.3) is 5.91 Å². The molecule has 0 aliphatic heterocycles. The van der Waals surface area contributed by atoms with Crippen LogP contribution in [0.2, 0.25) is 0 Å². The molecule has 0 aliphatic rings. The average molecular weight is 511 g/mol. The van der Waals surface area contributed by atoms with Crippen LogP contribution in [-0.4, -0.2) is 5.91 Å². The number of carbonyl (C=O) groups is 1. The van der Waals surface area contributed by atoms with E-state index in [1.54, 1.807) is 6.08 Å².